The first-order valence-corrected chi connectivity index (χ1v) is 7.95. The summed E-state index contributed by atoms with van der Waals surface area (Å²) in [4.78, 5) is 4.91. The van der Waals surface area contributed by atoms with E-state index >= 15 is 0 Å². The quantitative estimate of drug-likeness (QED) is 0.922. The maximum absolute atomic E-state index is 11.9. The van der Waals surface area contributed by atoms with E-state index in [0.717, 1.165) is 4.88 Å². The second kappa shape index (κ2) is 5.79. The molecule has 0 unspecified atom stereocenters. The fraction of sp³-hybridized carbons (Fsp3) is 0.182. The third kappa shape index (κ3) is 3.29. The number of hydrogen-bond acceptors (Lipinski definition) is 4. The molecular formula is C11H11ClN2O2S2. The molecule has 0 aromatic carbocycles. The number of aromatic nitrogens is 1. The number of nitrogens with zero attached hydrogens (tertiary/aromatic N) is 1. The zero-order valence-electron chi connectivity index (χ0n) is 9.34. The lowest BCUT2D eigenvalue weighted by molar-refractivity contribution is 0.581. The van der Waals surface area contributed by atoms with Gasteiger partial charge < -0.3 is 0 Å². The molecule has 0 radical (unpaired) electrons. The molecule has 0 spiro atoms. The minimum absolute atomic E-state index is 0.0119. The van der Waals surface area contributed by atoms with Gasteiger partial charge in [-0.05, 0) is 23.9 Å². The number of pyridine rings is 1. The van der Waals surface area contributed by atoms with Crippen molar-refractivity contribution < 1.29 is 8.42 Å². The smallest absolute Gasteiger partial charge is 0.243 e. The summed E-state index contributed by atoms with van der Waals surface area (Å²) in [6, 6.07) is 5.36. The van der Waals surface area contributed by atoms with E-state index in [9.17, 15) is 8.42 Å². The van der Waals surface area contributed by atoms with Gasteiger partial charge in [-0.2, -0.15) is 0 Å². The van der Waals surface area contributed by atoms with Crippen LogP contribution in [0.15, 0.2) is 40.9 Å². The maximum Gasteiger partial charge on any atom is 0.243 e. The number of nitrogens with one attached hydrogen (secondary N) is 1. The average Bonchev–Trinajstić information content (AvgIpc) is 2.82. The molecule has 0 fully saturated rings. The fourth-order valence-corrected chi connectivity index (χ4v) is 3.57. The Balaban J connectivity index is 2.02. The standard InChI is InChI=1S/C11H11ClN2O2S2/c12-10-4-5-13-8-11(10)18(15,16)14-6-3-9-2-1-7-17-9/h1-2,4-5,7-8,14H,3,6H2. The molecule has 4 nitrogen and oxygen atoms in total. The van der Waals surface area contributed by atoms with E-state index in [4.69, 9.17) is 11.6 Å². The molecule has 0 aliphatic carbocycles. The van der Waals surface area contributed by atoms with Gasteiger partial charge in [-0.25, -0.2) is 13.1 Å². The molecule has 0 bridgehead atoms. The van der Waals surface area contributed by atoms with E-state index < -0.39 is 10.0 Å². The first-order chi connectivity index (χ1) is 8.59. The summed E-state index contributed by atoms with van der Waals surface area (Å²) in [6.45, 7) is 0.341. The Bertz CT molecular complexity index is 612. The van der Waals surface area contributed by atoms with Crippen LogP contribution in [0.1, 0.15) is 4.88 Å². The van der Waals surface area contributed by atoms with Crippen LogP contribution in [0.25, 0.3) is 0 Å². The van der Waals surface area contributed by atoms with Gasteiger partial charge in [0.15, 0.2) is 0 Å². The number of hydrogen-bond donors (Lipinski definition) is 1. The van der Waals surface area contributed by atoms with E-state index in [2.05, 4.69) is 9.71 Å². The van der Waals surface area contributed by atoms with Gasteiger partial charge in [-0.15, -0.1) is 11.3 Å². The molecule has 7 heteroatoms. The highest BCUT2D eigenvalue weighted by Crippen LogP contribution is 2.18. The largest absolute Gasteiger partial charge is 0.263 e. The van der Waals surface area contributed by atoms with Gasteiger partial charge in [-0.3, -0.25) is 4.98 Å². The van der Waals surface area contributed by atoms with Gasteiger partial charge in [0.2, 0.25) is 10.0 Å². The zero-order valence-corrected chi connectivity index (χ0v) is 11.7. The van der Waals surface area contributed by atoms with E-state index in [1.807, 2.05) is 17.5 Å². The van der Waals surface area contributed by atoms with Crippen LogP contribution in [-0.2, 0) is 16.4 Å². The average molecular weight is 303 g/mol. The third-order valence-electron chi connectivity index (χ3n) is 2.27. The minimum Gasteiger partial charge on any atom is -0.263 e. The van der Waals surface area contributed by atoms with Gasteiger partial charge in [-0.1, -0.05) is 17.7 Å². The summed E-state index contributed by atoms with van der Waals surface area (Å²) in [7, 11) is -3.58. The van der Waals surface area contributed by atoms with Crippen molar-refractivity contribution in [2.75, 3.05) is 6.54 Å². The second-order valence-electron chi connectivity index (χ2n) is 3.53. The van der Waals surface area contributed by atoms with Crippen LogP contribution in [0.3, 0.4) is 0 Å². The summed E-state index contributed by atoms with van der Waals surface area (Å²) >= 11 is 7.43. The van der Waals surface area contributed by atoms with Crippen LogP contribution in [-0.4, -0.2) is 19.9 Å². The van der Waals surface area contributed by atoms with Crippen molar-refractivity contribution in [2.24, 2.45) is 0 Å². The monoisotopic (exact) mass is 302 g/mol. The predicted molar refractivity (Wildman–Crippen MR) is 72.5 cm³/mol. The Labute approximate surface area is 115 Å². The van der Waals surface area contributed by atoms with Gasteiger partial charge in [0.05, 0.1) is 5.02 Å². The first-order valence-electron chi connectivity index (χ1n) is 5.21. The lowest BCUT2D eigenvalue weighted by Crippen LogP contribution is -2.26. The molecule has 1 N–H and O–H groups in total. The third-order valence-corrected chi connectivity index (χ3v) is 5.13. The topological polar surface area (TPSA) is 59.1 Å². The van der Waals surface area contributed by atoms with E-state index in [1.54, 1.807) is 11.3 Å². The second-order valence-corrected chi connectivity index (χ2v) is 6.71. The Morgan fingerprint density at radius 1 is 1.39 bits per heavy atom. The number of halogens is 1. The Morgan fingerprint density at radius 2 is 2.22 bits per heavy atom. The molecule has 0 aliphatic rings. The van der Waals surface area contributed by atoms with Crippen molar-refractivity contribution in [1.82, 2.24) is 9.71 Å². The summed E-state index contributed by atoms with van der Waals surface area (Å²) < 4.78 is 26.4. The molecular weight excluding hydrogens is 292 g/mol. The zero-order chi connectivity index (χ0) is 13.0. The van der Waals surface area contributed by atoms with E-state index in [1.165, 1.54) is 18.5 Å². The lowest BCUT2D eigenvalue weighted by Gasteiger charge is -2.06. The van der Waals surface area contributed by atoms with Crippen molar-refractivity contribution in [2.45, 2.75) is 11.3 Å². The van der Waals surface area contributed by atoms with Gasteiger partial charge >= 0.3 is 0 Å². The summed E-state index contributed by atoms with van der Waals surface area (Å²) in [5.74, 6) is 0. The highest BCUT2D eigenvalue weighted by Gasteiger charge is 2.17. The normalized spacial score (nSPS) is 11.6. The maximum atomic E-state index is 11.9. The van der Waals surface area contributed by atoms with Crippen LogP contribution in [0, 0.1) is 0 Å². The number of thiophene rings is 1. The number of sulfonamides is 1. The molecule has 0 atom stereocenters. The van der Waals surface area contributed by atoms with Gasteiger partial charge in [0, 0.05) is 23.8 Å². The van der Waals surface area contributed by atoms with Gasteiger partial charge in [0.25, 0.3) is 0 Å². The van der Waals surface area contributed by atoms with Crippen LogP contribution in [0.4, 0.5) is 0 Å². The van der Waals surface area contributed by atoms with Crippen molar-refractivity contribution in [3.8, 4) is 0 Å². The van der Waals surface area contributed by atoms with E-state index in [-0.39, 0.29) is 9.92 Å². The first kappa shape index (κ1) is 13.5. The van der Waals surface area contributed by atoms with Crippen LogP contribution in [0.2, 0.25) is 5.02 Å². The van der Waals surface area contributed by atoms with Crippen molar-refractivity contribution in [1.29, 1.82) is 0 Å². The molecule has 0 saturated heterocycles. The molecule has 2 rings (SSSR count). The fourth-order valence-electron chi connectivity index (χ4n) is 1.40. The van der Waals surface area contributed by atoms with Gasteiger partial charge in [0.1, 0.15) is 4.90 Å². The Hall–Kier alpha value is -0.950. The van der Waals surface area contributed by atoms with E-state index in [0.29, 0.717) is 13.0 Å². The predicted octanol–water partition coefficient (Wildman–Crippen LogP) is 2.32. The Morgan fingerprint density at radius 3 is 2.89 bits per heavy atom. The molecule has 0 saturated carbocycles. The van der Waals surface area contributed by atoms with Crippen molar-refractivity contribution in [3.05, 3.63) is 45.9 Å². The Kier molecular flexibility index (Phi) is 4.34. The van der Waals surface area contributed by atoms with Crippen LogP contribution >= 0.6 is 22.9 Å². The minimum atomic E-state index is -3.58. The number of rotatable bonds is 5. The molecule has 0 aliphatic heterocycles. The highest BCUT2D eigenvalue weighted by molar-refractivity contribution is 7.89. The summed E-state index contributed by atoms with van der Waals surface area (Å²) in [6.07, 6.45) is 3.36. The molecule has 2 aromatic heterocycles. The molecule has 18 heavy (non-hydrogen) atoms. The SMILES string of the molecule is O=S(=O)(NCCc1cccs1)c1cnccc1Cl. The van der Waals surface area contributed by atoms with Crippen LogP contribution in [0.5, 0.6) is 0 Å². The summed E-state index contributed by atoms with van der Waals surface area (Å²) in [5.41, 5.74) is 0. The molecule has 2 heterocycles. The molecule has 96 valence electrons. The van der Waals surface area contributed by atoms with Crippen molar-refractivity contribution >= 4 is 33.0 Å². The summed E-state index contributed by atoms with van der Waals surface area (Å²) in [5, 5.41) is 2.13. The van der Waals surface area contributed by atoms with Crippen molar-refractivity contribution in [3.63, 3.8) is 0 Å². The van der Waals surface area contributed by atoms with Crippen LogP contribution < -0.4 is 4.72 Å². The highest BCUT2D eigenvalue weighted by atomic mass is 35.5. The molecule has 2 aromatic rings. The lowest BCUT2D eigenvalue weighted by atomic mass is 10.3. The molecule has 0 amide bonds.